The van der Waals surface area contributed by atoms with Gasteiger partial charge in [-0.1, -0.05) is 0 Å². The average molecular weight is 362 g/mol. The van der Waals surface area contributed by atoms with Crippen LogP contribution in [0.15, 0.2) is 53.4 Å². The zero-order valence-electron chi connectivity index (χ0n) is 14.8. The highest BCUT2D eigenvalue weighted by atomic mass is 16.5. The van der Waals surface area contributed by atoms with Gasteiger partial charge in [-0.05, 0) is 31.2 Å². The lowest BCUT2D eigenvalue weighted by Gasteiger charge is -2.24. The molecule has 0 saturated carbocycles. The fraction of sp³-hybridized carbons (Fsp3) is 0.250. The number of rotatable bonds is 3. The maximum absolute atomic E-state index is 13.0. The smallest absolute Gasteiger partial charge is 0.257 e. The van der Waals surface area contributed by atoms with Crippen LogP contribution in [0, 0.1) is 18.3 Å². The van der Waals surface area contributed by atoms with Crippen molar-refractivity contribution < 1.29 is 13.9 Å². The number of hydrogen-bond donors (Lipinski definition) is 0. The van der Waals surface area contributed by atoms with E-state index in [9.17, 15) is 4.79 Å². The first-order chi connectivity index (χ1) is 13.1. The summed E-state index contributed by atoms with van der Waals surface area (Å²) in [5.41, 5.74) is 2.08. The summed E-state index contributed by atoms with van der Waals surface area (Å²) < 4.78 is 13.4. The fourth-order valence-corrected chi connectivity index (χ4v) is 3.25. The Balaban J connectivity index is 1.59. The van der Waals surface area contributed by atoms with E-state index in [2.05, 4.69) is 9.55 Å². The first-order valence-electron chi connectivity index (χ1n) is 8.64. The number of aromatic nitrogens is 2. The molecule has 4 heterocycles. The molecule has 0 aliphatic carbocycles. The minimum atomic E-state index is -0.268. The van der Waals surface area contributed by atoms with Gasteiger partial charge in [-0.3, -0.25) is 4.79 Å². The SMILES string of the molecule is Cc1occc1C(=O)N1Cc2cccn2C[C@H](Oc2ccc(C#N)cn2)C1. The number of hydrogen-bond acceptors (Lipinski definition) is 5. The van der Waals surface area contributed by atoms with Crippen LogP contribution in [0.4, 0.5) is 0 Å². The van der Waals surface area contributed by atoms with Gasteiger partial charge in [0.05, 0.1) is 37.0 Å². The quantitative estimate of drug-likeness (QED) is 0.715. The van der Waals surface area contributed by atoms with Gasteiger partial charge in [0.25, 0.3) is 5.91 Å². The van der Waals surface area contributed by atoms with E-state index in [4.69, 9.17) is 14.4 Å². The minimum absolute atomic E-state index is 0.0858. The first-order valence-corrected chi connectivity index (χ1v) is 8.64. The van der Waals surface area contributed by atoms with Crippen molar-refractivity contribution in [3.05, 3.63) is 71.6 Å². The number of ether oxygens (including phenoxy) is 1. The Labute approximate surface area is 156 Å². The molecular formula is C20H18N4O3. The molecule has 0 bridgehead atoms. The molecule has 0 saturated heterocycles. The second-order valence-electron chi connectivity index (χ2n) is 6.46. The molecule has 0 aromatic carbocycles. The van der Waals surface area contributed by atoms with Gasteiger partial charge < -0.3 is 18.6 Å². The van der Waals surface area contributed by atoms with E-state index in [1.54, 1.807) is 30.0 Å². The fourth-order valence-electron chi connectivity index (χ4n) is 3.25. The molecule has 4 rings (SSSR count). The van der Waals surface area contributed by atoms with E-state index in [0.717, 1.165) is 5.69 Å². The lowest BCUT2D eigenvalue weighted by molar-refractivity contribution is 0.0644. The lowest BCUT2D eigenvalue weighted by Crippen LogP contribution is -2.38. The molecule has 27 heavy (non-hydrogen) atoms. The minimum Gasteiger partial charge on any atom is -0.471 e. The number of amides is 1. The van der Waals surface area contributed by atoms with Crippen molar-refractivity contribution in [2.45, 2.75) is 26.1 Å². The monoisotopic (exact) mass is 362 g/mol. The van der Waals surface area contributed by atoms with Crippen LogP contribution >= 0.6 is 0 Å². The van der Waals surface area contributed by atoms with Crippen LogP contribution in [-0.4, -0.2) is 33.0 Å². The number of nitrogens with zero attached hydrogens (tertiary/aromatic N) is 4. The summed E-state index contributed by atoms with van der Waals surface area (Å²) in [5, 5.41) is 8.90. The molecule has 7 nitrogen and oxygen atoms in total. The Bertz CT molecular complexity index is 997. The Hall–Kier alpha value is -3.53. The van der Waals surface area contributed by atoms with Crippen LogP contribution in [0.25, 0.3) is 0 Å². The van der Waals surface area contributed by atoms with E-state index in [-0.39, 0.29) is 12.0 Å². The van der Waals surface area contributed by atoms with Crippen LogP contribution in [0.2, 0.25) is 0 Å². The molecule has 1 aliphatic rings. The topological polar surface area (TPSA) is 84.3 Å². The van der Waals surface area contributed by atoms with Crippen molar-refractivity contribution >= 4 is 5.91 Å². The Morgan fingerprint density at radius 1 is 1.33 bits per heavy atom. The van der Waals surface area contributed by atoms with E-state index < -0.39 is 0 Å². The number of pyridine rings is 1. The molecule has 0 spiro atoms. The van der Waals surface area contributed by atoms with Crippen molar-refractivity contribution in [1.29, 1.82) is 5.26 Å². The maximum Gasteiger partial charge on any atom is 0.257 e. The zero-order chi connectivity index (χ0) is 18.8. The molecule has 0 unspecified atom stereocenters. The number of furan rings is 1. The predicted octanol–water partition coefficient (Wildman–Crippen LogP) is 2.76. The summed E-state index contributed by atoms with van der Waals surface area (Å²) in [5.74, 6) is 0.949. The van der Waals surface area contributed by atoms with Crippen molar-refractivity contribution in [2.75, 3.05) is 6.54 Å². The zero-order valence-corrected chi connectivity index (χ0v) is 14.8. The van der Waals surface area contributed by atoms with Crippen molar-refractivity contribution in [3.63, 3.8) is 0 Å². The molecule has 0 fully saturated rings. The third-order valence-electron chi connectivity index (χ3n) is 4.63. The Morgan fingerprint density at radius 3 is 2.93 bits per heavy atom. The predicted molar refractivity (Wildman–Crippen MR) is 96.0 cm³/mol. The van der Waals surface area contributed by atoms with Crippen LogP contribution < -0.4 is 4.74 Å². The normalized spacial score (nSPS) is 16.3. The van der Waals surface area contributed by atoms with Gasteiger partial charge in [0.15, 0.2) is 0 Å². The van der Waals surface area contributed by atoms with E-state index >= 15 is 0 Å². The van der Waals surface area contributed by atoms with Gasteiger partial charge in [0.1, 0.15) is 17.9 Å². The highest BCUT2D eigenvalue weighted by molar-refractivity contribution is 5.95. The molecule has 0 radical (unpaired) electrons. The Morgan fingerprint density at radius 2 is 2.22 bits per heavy atom. The number of carbonyl (C=O) groups excluding carboxylic acids is 1. The second-order valence-corrected chi connectivity index (χ2v) is 6.46. The van der Waals surface area contributed by atoms with Crippen molar-refractivity contribution in [2.24, 2.45) is 0 Å². The summed E-state index contributed by atoms with van der Waals surface area (Å²) in [6, 6.07) is 11.0. The van der Waals surface area contributed by atoms with Crippen LogP contribution in [-0.2, 0) is 13.1 Å². The first kappa shape index (κ1) is 16.9. The molecule has 1 amide bonds. The standard InChI is InChI=1S/C20H18N4O3/c1-14-18(6-8-26-14)20(25)24-11-16-3-2-7-23(16)12-17(13-24)27-19-5-4-15(9-21)10-22-19/h2-8,10,17H,11-13H2,1H3/t17-/m0/s1. The summed E-state index contributed by atoms with van der Waals surface area (Å²) in [6.07, 6.45) is 4.72. The number of aryl methyl sites for hydroxylation is 1. The molecule has 0 N–H and O–H groups in total. The second kappa shape index (κ2) is 7.00. The summed E-state index contributed by atoms with van der Waals surface area (Å²) in [6.45, 7) is 3.31. The molecule has 1 aliphatic heterocycles. The van der Waals surface area contributed by atoms with E-state index in [1.165, 1.54) is 12.5 Å². The molecule has 3 aromatic heterocycles. The summed E-state index contributed by atoms with van der Waals surface area (Å²) >= 11 is 0. The van der Waals surface area contributed by atoms with Crippen LogP contribution in [0.3, 0.4) is 0 Å². The third-order valence-corrected chi connectivity index (χ3v) is 4.63. The van der Waals surface area contributed by atoms with Crippen molar-refractivity contribution in [3.8, 4) is 11.9 Å². The van der Waals surface area contributed by atoms with Crippen molar-refractivity contribution in [1.82, 2.24) is 14.5 Å². The van der Waals surface area contributed by atoms with E-state index in [0.29, 0.717) is 42.4 Å². The van der Waals surface area contributed by atoms with Gasteiger partial charge >= 0.3 is 0 Å². The lowest BCUT2D eigenvalue weighted by atomic mass is 10.2. The number of nitriles is 1. The highest BCUT2D eigenvalue weighted by Crippen LogP contribution is 2.21. The average Bonchev–Trinajstić information content (AvgIpc) is 3.26. The van der Waals surface area contributed by atoms with Gasteiger partial charge in [0.2, 0.25) is 5.88 Å². The van der Waals surface area contributed by atoms with Gasteiger partial charge in [0, 0.05) is 24.2 Å². The number of fused-ring (bicyclic) bond motifs is 1. The van der Waals surface area contributed by atoms with Crippen LogP contribution in [0.5, 0.6) is 5.88 Å². The molecule has 7 heteroatoms. The maximum atomic E-state index is 13.0. The highest BCUT2D eigenvalue weighted by Gasteiger charge is 2.28. The summed E-state index contributed by atoms with van der Waals surface area (Å²) in [4.78, 5) is 18.9. The van der Waals surface area contributed by atoms with E-state index in [1.807, 2.05) is 24.4 Å². The Kier molecular flexibility index (Phi) is 4.38. The summed E-state index contributed by atoms with van der Waals surface area (Å²) in [7, 11) is 0. The number of carbonyl (C=O) groups is 1. The van der Waals surface area contributed by atoms with Gasteiger partial charge in [-0.2, -0.15) is 5.26 Å². The molecule has 1 atom stereocenters. The third kappa shape index (κ3) is 3.42. The van der Waals surface area contributed by atoms with Gasteiger partial charge in [-0.15, -0.1) is 0 Å². The van der Waals surface area contributed by atoms with Crippen LogP contribution in [0.1, 0.15) is 27.4 Å². The van der Waals surface area contributed by atoms with Gasteiger partial charge in [-0.25, -0.2) is 4.98 Å². The molecular weight excluding hydrogens is 344 g/mol. The molecule has 136 valence electrons. The molecule has 3 aromatic rings. The largest absolute Gasteiger partial charge is 0.471 e.